The number of amides is 1. The lowest BCUT2D eigenvalue weighted by atomic mass is 10.1. The van der Waals surface area contributed by atoms with Crippen molar-refractivity contribution in [2.45, 2.75) is 19.1 Å². The van der Waals surface area contributed by atoms with Gasteiger partial charge in [0.15, 0.2) is 0 Å². The second-order valence-corrected chi connectivity index (χ2v) is 4.88. The van der Waals surface area contributed by atoms with Gasteiger partial charge in [0.25, 0.3) is 0 Å². The maximum Gasteiger partial charge on any atom is 0.241 e. The van der Waals surface area contributed by atoms with Crippen LogP contribution in [-0.2, 0) is 22.6 Å². The van der Waals surface area contributed by atoms with Crippen LogP contribution in [0.25, 0.3) is 0 Å². The molecule has 0 aliphatic heterocycles. The van der Waals surface area contributed by atoms with Crippen LogP contribution in [0.4, 0.5) is 5.69 Å². The van der Waals surface area contributed by atoms with Crippen molar-refractivity contribution in [2.75, 3.05) is 12.4 Å². The Labute approximate surface area is 124 Å². The molecule has 21 heavy (non-hydrogen) atoms. The van der Waals surface area contributed by atoms with E-state index in [2.05, 4.69) is 5.32 Å². The average Bonchev–Trinajstić information content (AvgIpc) is 2.50. The maximum atomic E-state index is 12.2. The summed E-state index contributed by atoms with van der Waals surface area (Å²) in [5.41, 5.74) is 8.70. The topological polar surface area (TPSA) is 64.3 Å². The van der Waals surface area contributed by atoms with E-state index in [4.69, 9.17) is 10.5 Å². The van der Waals surface area contributed by atoms with E-state index in [0.29, 0.717) is 13.0 Å². The van der Waals surface area contributed by atoms with Gasteiger partial charge in [-0.1, -0.05) is 48.5 Å². The van der Waals surface area contributed by atoms with Crippen LogP contribution in [0.15, 0.2) is 54.6 Å². The zero-order valence-electron chi connectivity index (χ0n) is 12.1. The lowest BCUT2D eigenvalue weighted by molar-refractivity contribution is -0.117. The molecule has 4 heteroatoms. The zero-order chi connectivity index (χ0) is 15.1. The predicted molar refractivity (Wildman–Crippen MR) is 83.9 cm³/mol. The highest BCUT2D eigenvalue weighted by Crippen LogP contribution is 2.16. The second kappa shape index (κ2) is 7.57. The summed E-state index contributed by atoms with van der Waals surface area (Å²) in [7, 11) is 1.62. The molecular formula is C17H20N2O2. The quantitative estimate of drug-likeness (QED) is 0.855. The van der Waals surface area contributed by atoms with Crippen molar-refractivity contribution in [1.82, 2.24) is 0 Å². The van der Waals surface area contributed by atoms with E-state index in [0.717, 1.165) is 16.8 Å². The number of para-hydroxylation sites is 1. The summed E-state index contributed by atoms with van der Waals surface area (Å²) in [6.07, 6.45) is 0.513. The number of nitrogens with one attached hydrogen (secondary N) is 1. The fraction of sp³-hybridized carbons (Fsp3) is 0.235. The molecule has 0 radical (unpaired) electrons. The van der Waals surface area contributed by atoms with Crippen LogP contribution in [0.5, 0.6) is 0 Å². The number of carbonyl (C=O) groups is 1. The number of methoxy groups -OCH3 is 1. The summed E-state index contributed by atoms with van der Waals surface area (Å²) in [6, 6.07) is 16.7. The van der Waals surface area contributed by atoms with Crippen molar-refractivity contribution >= 4 is 11.6 Å². The van der Waals surface area contributed by atoms with Gasteiger partial charge in [0, 0.05) is 18.4 Å². The summed E-state index contributed by atoms with van der Waals surface area (Å²) in [5, 5.41) is 2.87. The Morgan fingerprint density at radius 3 is 2.52 bits per heavy atom. The number of hydrogen-bond acceptors (Lipinski definition) is 3. The van der Waals surface area contributed by atoms with Crippen molar-refractivity contribution in [2.24, 2.45) is 5.73 Å². The van der Waals surface area contributed by atoms with Crippen molar-refractivity contribution in [3.8, 4) is 0 Å². The third-order valence-electron chi connectivity index (χ3n) is 3.21. The Bertz CT molecular complexity index is 584. The van der Waals surface area contributed by atoms with Gasteiger partial charge in [-0.3, -0.25) is 4.79 Å². The van der Waals surface area contributed by atoms with E-state index in [1.165, 1.54) is 0 Å². The van der Waals surface area contributed by atoms with Crippen LogP contribution >= 0.6 is 0 Å². The SMILES string of the molecule is COCc1ccccc1NC(=O)[C@H](N)Cc1ccccc1. The number of nitrogens with two attached hydrogens (primary N) is 1. The van der Waals surface area contributed by atoms with E-state index in [-0.39, 0.29) is 5.91 Å². The van der Waals surface area contributed by atoms with Crippen LogP contribution in [-0.4, -0.2) is 19.1 Å². The minimum atomic E-state index is -0.581. The van der Waals surface area contributed by atoms with Gasteiger partial charge < -0.3 is 15.8 Å². The summed E-state index contributed by atoms with van der Waals surface area (Å²) in [6.45, 7) is 0.449. The van der Waals surface area contributed by atoms with E-state index in [1.807, 2.05) is 54.6 Å². The molecule has 1 atom stereocenters. The molecule has 0 heterocycles. The smallest absolute Gasteiger partial charge is 0.241 e. The number of benzene rings is 2. The standard InChI is InChI=1S/C17H20N2O2/c1-21-12-14-9-5-6-10-16(14)19-17(20)15(18)11-13-7-3-2-4-8-13/h2-10,15H,11-12,18H2,1H3,(H,19,20)/t15-/m1/s1. The van der Waals surface area contributed by atoms with Crippen LogP contribution in [0.1, 0.15) is 11.1 Å². The molecule has 0 bridgehead atoms. The molecule has 0 spiro atoms. The summed E-state index contributed by atoms with van der Waals surface area (Å²) in [5.74, 6) is -0.192. The number of rotatable bonds is 6. The van der Waals surface area contributed by atoms with Gasteiger partial charge in [0.05, 0.1) is 12.6 Å². The minimum absolute atomic E-state index is 0.192. The zero-order valence-corrected chi connectivity index (χ0v) is 12.1. The largest absolute Gasteiger partial charge is 0.380 e. The van der Waals surface area contributed by atoms with Crippen molar-refractivity contribution in [3.05, 3.63) is 65.7 Å². The van der Waals surface area contributed by atoms with E-state index in [9.17, 15) is 4.79 Å². The molecule has 3 N–H and O–H groups in total. The Morgan fingerprint density at radius 2 is 1.81 bits per heavy atom. The molecular weight excluding hydrogens is 264 g/mol. The first-order chi connectivity index (χ1) is 10.2. The summed E-state index contributed by atoms with van der Waals surface area (Å²) in [4.78, 5) is 12.2. The number of hydrogen-bond donors (Lipinski definition) is 2. The molecule has 0 saturated heterocycles. The Balaban J connectivity index is 2.01. The van der Waals surface area contributed by atoms with Crippen LogP contribution in [0.3, 0.4) is 0 Å². The van der Waals surface area contributed by atoms with Gasteiger partial charge in [-0.25, -0.2) is 0 Å². The minimum Gasteiger partial charge on any atom is -0.380 e. The fourth-order valence-corrected chi connectivity index (χ4v) is 2.11. The average molecular weight is 284 g/mol. The van der Waals surface area contributed by atoms with Gasteiger partial charge >= 0.3 is 0 Å². The van der Waals surface area contributed by atoms with E-state index >= 15 is 0 Å². The molecule has 0 aliphatic carbocycles. The van der Waals surface area contributed by atoms with Crippen molar-refractivity contribution in [1.29, 1.82) is 0 Å². The number of carbonyl (C=O) groups excluding carboxylic acids is 1. The van der Waals surface area contributed by atoms with Gasteiger partial charge in [-0.05, 0) is 18.1 Å². The highest BCUT2D eigenvalue weighted by molar-refractivity contribution is 5.95. The third-order valence-corrected chi connectivity index (χ3v) is 3.21. The van der Waals surface area contributed by atoms with Crippen molar-refractivity contribution in [3.63, 3.8) is 0 Å². The first-order valence-electron chi connectivity index (χ1n) is 6.88. The predicted octanol–water partition coefficient (Wildman–Crippen LogP) is 2.34. The van der Waals surface area contributed by atoms with Crippen LogP contribution < -0.4 is 11.1 Å². The van der Waals surface area contributed by atoms with Gasteiger partial charge in [0.1, 0.15) is 0 Å². The molecule has 0 aromatic heterocycles. The highest BCUT2D eigenvalue weighted by atomic mass is 16.5. The number of anilines is 1. The lowest BCUT2D eigenvalue weighted by Crippen LogP contribution is -2.37. The highest BCUT2D eigenvalue weighted by Gasteiger charge is 2.15. The molecule has 110 valence electrons. The molecule has 1 amide bonds. The Morgan fingerprint density at radius 1 is 1.14 bits per heavy atom. The molecule has 2 rings (SSSR count). The number of ether oxygens (including phenoxy) is 1. The van der Waals surface area contributed by atoms with Gasteiger partial charge in [0.2, 0.25) is 5.91 Å². The summed E-state index contributed by atoms with van der Waals surface area (Å²) >= 11 is 0. The molecule has 2 aromatic carbocycles. The fourth-order valence-electron chi connectivity index (χ4n) is 2.11. The lowest BCUT2D eigenvalue weighted by Gasteiger charge is -2.14. The van der Waals surface area contributed by atoms with Gasteiger partial charge in [-0.15, -0.1) is 0 Å². The molecule has 2 aromatic rings. The summed E-state index contributed by atoms with van der Waals surface area (Å²) < 4.78 is 5.12. The van der Waals surface area contributed by atoms with Crippen molar-refractivity contribution < 1.29 is 9.53 Å². The van der Waals surface area contributed by atoms with Crippen LogP contribution in [0.2, 0.25) is 0 Å². The first-order valence-corrected chi connectivity index (χ1v) is 6.88. The van der Waals surface area contributed by atoms with E-state index in [1.54, 1.807) is 7.11 Å². The van der Waals surface area contributed by atoms with Gasteiger partial charge in [-0.2, -0.15) is 0 Å². The Hall–Kier alpha value is -2.17. The second-order valence-electron chi connectivity index (χ2n) is 4.88. The van der Waals surface area contributed by atoms with E-state index < -0.39 is 6.04 Å². The molecule has 0 saturated carbocycles. The van der Waals surface area contributed by atoms with Crippen LogP contribution in [0, 0.1) is 0 Å². The Kier molecular flexibility index (Phi) is 5.49. The molecule has 0 unspecified atom stereocenters. The normalized spacial score (nSPS) is 11.9. The first kappa shape index (κ1) is 15.2. The third kappa shape index (κ3) is 4.41. The molecule has 0 aliphatic rings. The molecule has 0 fully saturated rings. The monoisotopic (exact) mass is 284 g/mol. The molecule has 4 nitrogen and oxygen atoms in total. The maximum absolute atomic E-state index is 12.2.